The second-order valence-electron chi connectivity index (χ2n) is 6.25. The Morgan fingerprint density at radius 3 is 2.56 bits per heavy atom. The summed E-state index contributed by atoms with van der Waals surface area (Å²) in [7, 11) is 1.50. The molecule has 6 nitrogen and oxygen atoms in total. The van der Waals surface area contributed by atoms with Gasteiger partial charge >= 0.3 is 0 Å². The number of amides is 2. The van der Waals surface area contributed by atoms with Gasteiger partial charge in [-0.1, -0.05) is 24.3 Å². The molecule has 0 bridgehead atoms. The molecule has 2 amide bonds. The van der Waals surface area contributed by atoms with Crippen molar-refractivity contribution in [2.75, 3.05) is 7.05 Å². The second-order valence-corrected chi connectivity index (χ2v) is 6.25. The Morgan fingerprint density at radius 2 is 1.92 bits per heavy atom. The van der Waals surface area contributed by atoms with Crippen LogP contribution in [0.3, 0.4) is 0 Å². The monoisotopic (exact) mass is 339 g/mol. The van der Waals surface area contributed by atoms with Crippen molar-refractivity contribution >= 4 is 11.8 Å². The third kappa shape index (κ3) is 3.85. The van der Waals surface area contributed by atoms with E-state index in [2.05, 4.69) is 15.6 Å². The summed E-state index contributed by atoms with van der Waals surface area (Å²) in [4.78, 5) is 28.7. The van der Waals surface area contributed by atoms with Gasteiger partial charge < -0.3 is 15.7 Å². The number of aliphatic hydroxyl groups is 1. The fourth-order valence-corrected chi connectivity index (χ4v) is 2.62. The van der Waals surface area contributed by atoms with Gasteiger partial charge in [0.2, 0.25) is 0 Å². The predicted molar refractivity (Wildman–Crippen MR) is 93.4 cm³/mol. The van der Waals surface area contributed by atoms with Crippen LogP contribution in [0.5, 0.6) is 0 Å². The van der Waals surface area contributed by atoms with Crippen LogP contribution in [0.1, 0.15) is 56.6 Å². The van der Waals surface area contributed by atoms with Crippen molar-refractivity contribution < 1.29 is 14.7 Å². The van der Waals surface area contributed by atoms with Crippen LogP contribution in [0.2, 0.25) is 0 Å². The first kappa shape index (κ1) is 17.1. The van der Waals surface area contributed by atoms with Gasteiger partial charge in [0.15, 0.2) is 0 Å². The van der Waals surface area contributed by atoms with Crippen molar-refractivity contribution in [1.82, 2.24) is 15.6 Å². The lowest BCUT2D eigenvalue weighted by atomic mass is 9.99. The van der Waals surface area contributed by atoms with Gasteiger partial charge in [0.1, 0.15) is 11.8 Å². The predicted octanol–water partition coefficient (Wildman–Crippen LogP) is 1.72. The fraction of sp³-hybridized carbons (Fsp3) is 0.316. The molecular formula is C19H21N3O3. The zero-order valence-electron chi connectivity index (χ0n) is 14.2. The number of carbonyl (C=O) groups is 2. The van der Waals surface area contributed by atoms with Crippen LogP contribution in [0.15, 0.2) is 36.4 Å². The minimum atomic E-state index is -1.02. The zero-order chi connectivity index (χ0) is 18.0. The Kier molecular flexibility index (Phi) is 4.81. The van der Waals surface area contributed by atoms with E-state index < -0.39 is 12.0 Å². The van der Waals surface area contributed by atoms with Crippen LogP contribution in [-0.2, 0) is 0 Å². The van der Waals surface area contributed by atoms with Gasteiger partial charge in [-0.2, -0.15) is 0 Å². The highest BCUT2D eigenvalue weighted by Gasteiger charge is 2.25. The van der Waals surface area contributed by atoms with Crippen molar-refractivity contribution in [3.63, 3.8) is 0 Å². The van der Waals surface area contributed by atoms with Crippen LogP contribution >= 0.6 is 0 Å². The van der Waals surface area contributed by atoms with E-state index >= 15 is 0 Å². The summed E-state index contributed by atoms with van der Waals surface area (Å²) >= 11 is 0. The maximum Gasteiger partial charge on any atom is 0.269 e. The molecule has 1 aromatic heterocycles. The van der Waals surface area contributed by atoms with Gasteiger partial charge in [-0.05, 0) is 43.0 Å². The highest BCUT2D eigenvalue weighted by atomic mass is 16.3. The molecule has 1 aliphatic rings. The van der Waals surface area contributed by atoms with Crippen molar-refractivity contribution in [1.29, 1.82) is 0 Å². The first-order valence-electron chi connectivity index (χ1n) is 8.28. The topological polar surface area (TPSA) is 91.3 Å². The first-order chi connectivity index (χ1) is 12.0. The standard InChI is InChI=1S/C19H21N3O3/c1-11-5-3-4-6-14(11)17(23)15-9-12(18(24)21-13-7-8-13)10-16(22-15)19(25)20-2/h3-6,9-10,13,17,23H,7-8H2,1-2H3,(H,20,25)(H,21,24)/t17-/m0/s1. The lowest BCUT2D eigenvalue weighted by molar-refractivity contribution is 0.0950. The van der Waals surface area contributed by atoms with E-state index in [1.54, 1.807) is 12.1 Å². The number of hydrogen-bond donors (Lipinski definition) is 3. The molecule has 3 N–H and O–H groups in total. The number of pyridine rings is 1. The van der Waals surface area contributed by atoms with Crippen LogP contribution in [0, 0.1) is 6.92 Å². The van der Waals surface area contributed by atoms with E-state index in [1.165, 1.54) is 13.1 Å². The third-order valence-electron chi connectivity index (χ3n) is 4.24. The molecule has 0 saturated heterocycles. The van der Waals surface area contributed by atoms with Gasteiger partial charge in [-0.3, -0.25) is 9.59 Å². The minimum absolute atomic E-state index is 0.105. The van der Waals surface area contributed by atoms with E-state index in [1.807, 2.05) is 25.1 Å². The quantitative estimate of drug-likeness (QED) is 0.773. The molecule has 0 aliphatic heterocycles. The number of aliphatic hydroxyl groups excluding tert-OH is 1. The highest BCUT2D eigenvalue weighted by Crippen LogP contribution is 2.25. The molecule has 0 radical (unpaired) electrons. The van der Waals surface area contributed by atoms with E-state index in [9.17, 15) is 14.7 Å². The molecule has 1 atom stereocenters. The Morgan fingerprint density at radius 1 is 1.20 bits per heavy atom. The third-order valence-corrected chi connectivity index (χ3v) is 4.24. The van der Waals surface area contributed by atoms with Crippen molar-refractivity contribution in [2.24, 2.45) is 0 Å². The number of carbonyl (C=O) groups excluding carboxylic acids is 2. The molecule has 0 spiro atoms. The van der Waals surface area contributed by atoms with Gasteiger partial charge in [-0.15, -0.1) is 0 Å². The molecular weight excluding hydrogens is 318 g/mol. The molecule has 1 heterocycles. The van der Waals surface area contributed by atoms with Gasteiger partial charge in [0.25, 0.3) is 11.8 Å². The lowest BCUT2D eigenvalue weighted by Crippen LogP contribution is -2.27. The van der Waals surface area contributed by atoms with Crippen LogP contribution in [0.4, 0.5) is 0 Å². The summed E-state index contributed by atoms with van der Waals surface area (Å²) in [6, 6.07) is 10.6. The van der Waals surface area contributed by atoms with Crippen LogP contribution in [0.25, 0.3) is 0 Å². The zero-order valence-corrected chi connectivity index (χ0v) is 14.2. The number of rotatable bonds is 5. The fourth-order valence-electron chi connectivity index (χ4n) is 2.62. The Hall–Kier alpha value is -2.73. The lowest BCUT2D eigenvalue weighted by Gasteiger charge is -2.15. The van der Waals surface area contributed by atoms with Crippen LogP contribution in [-0.4, -0.2) is 35.0 Å². The minimum Gasteiger partial charge on any atom is -0.382 e. The summed E-state index contributed by atoms with van der Waals surface area (Å²) in [6.45, 7) is 1.89. The highest BCUT2D eigenvalue weighted by molar-refractivity contribution is 5.98. The van der Waals surface area contributed by atoms with E-state index in [0.717, 1.165) is 18.4 Å². The number of nitrogens with one attached hydrogen (secondary N) is 2. The largest absolute Gasteiger partial charge is 0.382 e. The molecule has 1 saturated carbocycles. The molecule has 130 valence electrons. The van der Waals surface area contributed by atoms with Gasteiger partial charge in [0.05, 0.1) is 5.69 Å². The number of aryl methyl sites for hydroxylation is 1. The maximum atomic E-state index is 12.4. The van der Waals surface area contributed by atoms with E-state index in [0.29, 0.717) is 11.1 Å². The van der Waals surface area contributed by atoms with Crippen LogP contribution < -0.4 is 10.6 Å². The molecule has 1 aliphatic carbocycles. The Bertz CT molecular complexity index is 815. The molecule has 6 heteroatoms. The summed E-state index contributed by atoms with van der Waals surface area (Å²) in [5.74, 6) is -0.660. The summed E-state index contributed by atoms with van der Waals surface area (Å²) in [6.07, 6.45) is 0.925. The molecule has 1 fully saturated rings. The Balaban J connectivity index is 2.00. The number of benzene rings is 1. The average molecular weight is 339 g/mol. The van der Waals surface area contributed by atoms with Gasteiger partial charge in [0, 0.05) is 18.7 Å². The summed E-state index contributed by atoms with van der Waals surface area (Å²) < 4.78 is 0. The van der Waals surface area contributed by atoms with Crippen molar-refractivity contribution in [3.05, 3.63) is 64.5 Å². The molecule has 3 rings (SSSR count). The number of hydrogen-bond acceptors (Lipinski definition) is 4. The average Bonchev–Trinajstić information content (AvgIpc) is 3.44. The molecule has 25 heavy (non-hydrogen) atoms. The normalized spacial score (nSPS) is 14.7. The molecule has 1 aromatic carbocycles. The number of nitrogens with zero attached hydrogens (tertiary/aromatic N) is 1. The molecule has 2 aromatic rings. The van der Waals surface area contributed by atoms with E-state index in [4.69, 9.17) is 0 Å². The second kappa shape index (κ2) is 7.03. The maximum absolute atomic E-state index is 12.4. The van der Waals surface area contributed by atoms with Gasteiger partial charge in [-0.25, -0.2) is 4.98 Å². The molecule has 0 unspecified atom stereocenters. The smallest absolute Gasteiger partial charge is 0.269 e. The van der Waals surface area contributed by atoms with Crippen molar-refractivity contribution in [2.45, 2.75) is 31.9 Å². The number of aromatic nitrogens is 1. The summed E-state index contributed by atoms with van der Waals surface area (Å²) in [5.41, 5.74) is 2.30. The Labute approximate surface area is 146 Å². The first-order valence-corrected chi connectivity index (χ1v) is 8.28. The van der Waals surface area contributed by atoms with E-state index in [-0.39, 0.29) is 23.3 Å². The van der Waals surface area contributed by atoms with Crippen molar-refractivity contribution in [3.8, 4) is 0 Å². The summed E-state index contributed by atoms with van der Waals surface area (Å²) in [5, 5.41) is 16.1. The SMILES string of the molecule is CNC(=O)c1cc(C(=O)NC2CC2)cc([C@@H](O)c2ccccc2C)n1.